The second-order valence-electron chi connectivity index (χ2n) is 3.67. The fraction of sp³-hybridized carbons (Fsp3) is 0.250. The van der Waals surface area contributed by atoms with Crippen LogP contribution < -0.4 is 0 Å². The van der Waals surface area contributed by atoms with Gasteiger partial charge in [0.2, 0.25) is 0 Å². The number of aromatic carboxylic acids is 1. The summed E-state index contributed by atoms with van der Waals surface area (Å²) in [6.45, 7) is 0. The summed E-state index contributed by atoms with van der Waals surface area (Å²) in [5.74, 6) is 0.578. The lowest BCUT2D eigenvalue weighted by Gasteiger charge is -1.93. The SMILES string of the molecule is O=C(O)c1ccc(C#CC2CC2(F)F)cc1. The van der Waals surface area contributed by atoms with Crippen molar-refractivity contribution in [3.05, 3.63) is 35.4 Å². The van der Waals surface area contributed by atoms with Gasteiger partial charge >= 0.3 is 5.97 Å². The maximum Gasteiger partial charge on any atom is 0.335 e. The molecule has 0 aliphatic heterocycles. The Morgan fingerprint density at radius 3 is 2.38 bits per heavy atom. The van der Waals surface area contributed by atoms with E-state index in [1.165, 1.54) is 24.3 Å². The van der Waals surface area contributed by atoms with Gasteiger partial charge < -0.3 is 5.11 Å². The topological polar surface area (TPSA) is 37.3 Å². The van der Waals surface area contributed by atoms with E-state index in [9.17, 15) is 13.6 Å². The van der Waals surface area contributed by atoms with E-state index in [0.717, 1.165) is 0 Å². The molecule has 0 bridgehead atoms. The lowest BCUT2D eigenvalue weighted by molar-refractivity contribution is 0.0696. The molecule has 1 aromatic carbocycles. The fourth-order valence-corrected chi connectivity index (χ4v) is 1.24. The summed E-state index contributed by atoms with van der Waals surface area (Å²) in [6.07, 6.45) is -0.173. The summed E-state index contributed by atoms with van der Waals surface area (Å²) < 4.78 is 25.0. The first-order chi connectivity index (χ1) is 7.49. The van der Waals surface area contributed by atoms with Crippen molar-refractivity contribution in [3.63, 3.8) is 0 Å². The second kappa shape index (κ2) is 3.60. The largest absolute Gasteiger partial charge is 0.478 e. The molecule has 1 unspecified atom stereocenters. The molecule has 82 valence electrons. The first-order valence-corrected chi connectivity index (χ1v) is 4.72. The van der Waals surface area contributed by atoms with Gasteiger partial charge in [0.25, 0.3) is 5.92 Å². The molecule has 0 saturated heterocycles. The number of benzene rings is 1. The van der Waals surface area contributed by atoms with Crippen LogP contribution >= 0.6 is 0 Å². The average molecular weight is 222 g/mol. The zero-order valence-electron chi connectivity index (χ0n) is 8.21. The van der Waals surface area contributed by atoms with Crippen molar-refractivity contribution in [1.29, 1.82) is 0 Å². The van der Waals surface area contributed by atoms with Crippen LogP contribution in [0.1, 0.15) is 22.3 Å². The van der Waals surface area contributed by atoms with Gasteiger partial charge in [-0.3, -0.25) is 0 Å². The van der Waals surface area contributed by atoms with E-state index in [1.54, 1.807) is 0 Å². The molecule has 0 amide bonds. The van der Waals surface area contributed by atoms with E-state index >= 15 is 0 Å². The maximum atomic E-state index is 12.5. The molecule has 0 heterocycles. The second-order valence-corrected chi connectivity index (χ2v) is 3.67. The zero-order chi connectivity index (χ0) is 11.8. The highest BCUT2D eigenvalue weighted by atomic mass is 19.3. The Hall–Kier alpha value is -1.89. The summed E-state index contributed by atoms with van der Waals surface area (Å²) in [5.41, 5.74) is 0.704. The number of alkyl halides is 2. The summed E-state index contributed by atoms with van der Waals surface area (Å²) in [6, 6.07) is 5.82. The van der Waals surface area contributed by atoms with Crippen molar-refractivity contribution >= 4 is 5.97 Å². The molecule has 16 heavy (non-hydrogen) atoms. The lowest BCUT2D eigenvalue weighted by Crippen LogP contribution is -1.95. The first kappa shape index (κ1) is 10.6. The van der Waals surface area contributed by atoms with Gasteiger partial charge in [0.05, 0.1) is 11.5 Å². The Labute approximate surface area is 90.9 Å². The van der Waals surface area contributed by atoms with Crippen LogP contribution in [0.25, 0.3) is 0 Å². The van der Waals surface area contributed by atoms with Gasteiger partial charge in [0.1, 0.15) is 0 Å². The van der Waals surface area contributed by atoms with Gasteiger partial charge in [-0.15, -0.1) is 0 Å². The van der Waals surface area contributed by atoms with Crippen molar-refractivity contribution in [1.82, 2.24) is 0 Å². The Balaban J connectivity index is 2.09. The van der Waals surface area contributed by atoms with E-state index < -0.39 is 17.8 Å². The number of rotatable bonds is 1. The monoisotopic (exact) mass is 222 g/mol. The van der Waals surface area contributed by atoms with Gasteiger partial charge in [0, 0.05) is 12.0 Å². The lowest BCUT2D eigenvalue weighted by atomic mass is 10.1. The smallest absolute Gasteiger partial charge is 0.335 e. The Morgan fingerprint density at radius 1 is 1.38 bits per heavy atom. The van der Waals surface area contributed by atoms with E-state index in [1.807, 2.05) is 0 Å². The molecular formula is C12H8F2O2. The number of carbonyl (C=O) groups is 1. The molecule has 2 rings (SSSR count). The van der Waals surface area contributed by atoms with Crippen molar-refractivity contribution in [3.8, 4) is 11.8 Å². The number of carboxylic acid groups (broad SMARTS) is 1. The number of carboxylic acids is 1. The van der Waals surface area contributed by atoms with Crippen LogP contribution in [0.5, 0.6) is 0 Å². The summed E-state index contributed by atoms with van der Waals surface area (Å²) in [4.78, 5) is 10.5. The molecule has 1 N–H and O–H groups in total. The van der Waals surface area contributed by atoms with Crippen LogP contribution in [0.4, 0.5) is 8.78 Å². The number of halogens is 2. The summed E-state index contributed by atoms with van der Waals surface area (Å²) in [7, 11) is 0. The van der Waals surface area contributed by atoms with Crippen LogP contribution in [-0.2, 0) is 0 Å². The molecule has 1 atom stereocenters. The minimum absolute atomic E-state index is 0.155. The van der Waals surface area contributed by atoms with E-state index in [0.29, 0.717) is 5.56 Å². The van der Waals surface area contributed by atoms with Gasteiger partial charge in [-0.05, 0) is 24.3 Å². The quantitative estimate of drug-likeness (QED) is 0.741. The van der Waals surface area contributed by atoms with Crippen LogP contribution in [0.3, 0.4) is 0 Å². The van der Waals surface area contributed by atoms with E-state index in [4.69, 9.17) is 5.11 Å². The zero-order valence-corrected chi connectivity index (χ0v) is 8.21. The van der Waals surface area contributed by atoms with Crippen LogP contribution in [0, 0.1) is 17.8 Å². The standard InChI is InChI=1S/C12H8F2O2/c13-12(14)7-10(12)6-3-8-1-4-9(5-2-8)11(15)16/h1-2,4-5,10H,7H2,(H,15,16). The maximum absolute atomic E-state index is 12.5. The molecule has 1 fully saturated rings. The molecular weight excluding hydrogens is 214 g/mol. The molecule has 1 aliphatic carbocycles. The summed E-state index contributed by atoms with van der Waals surface area (Å²) in [5, 5.41) is 8.64. The van der Waals surface area contributed by atoms with Crippen LogP contribution in [-0.4, -0.2) is 17.0 Å². The Morgan fingerprint density at radius 2 is 1.94 bits per heavy atom. The number of hydrogen-bond donors (Lipinski definition) is 1. The average Bonchev–Trinajstić information content (AvgIpc) is 2.84. The van der Waals surface area contributed by atoms with E-state index in [2.05, 4.69) is 11.8 Å². The van der Waals surface area contributed by atoms with Crippen molar-refractivity contribution in [2.75, 3.05) is 0 Å². The van der Waals surface area contributed by atoms with Gasteiger partial charge in [-0.1, -0.05) is 11.8 Å². The Kier molecular flexibility index (Phi) is 2.39. The third-order valence-corrected chi connectivity index (χ3v) is 2.35. The normalized spacial score (nSPS) is 20.8. The van der Waals surface area contributed by atoms with Crippen LogP contribution in [0.2, 0.25) is 0 Å². The highest BCUT2D eigenvalue weighted by molar-refractivity contribution is 5.87. The fourth-order valence-electron chi connectivity index (χ4n) is 1.24. The van der Waals surface area contributed by atoms with Gasteiger partial charge in [-0.25, -0.2) is 13.6 Å². The number of hydrogen-bond acceptors (Lipinski definition) is 1. The molecule has 2 nitrogen and oxygen atoms in total. The summed E-state index contributed by atoms with van der Waals surface area (Å²) >= 11 is 0. The molecule has 1 saturated carbocycles. The molecule has 4 heteroatoms. The highest BCUT2D eigenvalue weighted by Crippen LogP contribution is 2.47. The molecule has 0 radical (unpaired) electrons. The third kappa shape index (κ3) is 2.19. The Bertz CT molecular complexity index is 480. The predicted molar refractivity (Wildman–Crippen MR) is 53.3 cm³/mol. The van der Waals surface area contributed by atoms with E-state index in [-0.39, 0.29) is 12.0 Å². The third-order valence-electron chi connectivity index (χ3n) is 2.35. The highest BCUT2D eigenvalue weighted by Gasteiger charge is 2.56. The minimum atomic E-state index is -2.63. The van der Waals surface area contributed by atoms with Crippen molar-refractivity contribution in [2.45, 2.75) is 12.3 Å². The molecule has 1 aromatic rings. The van der Waals surface area contributed by atoms with Crippen molar-refractivity contribution in [2.24, 2.45) is 5.92 Å². The van der Waals surface area contributed by atoms with Gasteiger partial charge in [0.15, 0.2) is 0 Å². The molecule has 0 spiro atoms. The first-order valence-electron chi connectivity index (χ1n) is 4.72. The minimum Gasteiger partial charge on any atom is -0.478 e. The predicted octanol–water partition coefficient (Wildman–Crippen LogP) is 2.39. The van der Waals surface area contributed by atoms with Crippen LogP contribution in [0.15, 0.2) is 24.3 Å². The van der Waals surface area contributed by atoms with Gasteiger partial charge in [-0.2, -0.15) is 0 Å². The molecule has 0 aromatic heterocycles. The molecule has 1 aliphatic rings. The van der Waals surface area contributed by atoms with Crippen molar-refractivity contribution < 1.29 is 18.7 Å².